The Labute approximate surface area is 134 Å². The molecule has 5 heteroatoms. The monoisotopic (exact) mass is 305 g/mol. The van der Waals surface area contributed by atoms with Gasteiger partial charge in [-0.05, 0) is 51.9 Å². The van der Waals surface area contributed by atoms with Crippen LogP contribution in [0, 0.1) is 5.92 Å². The summed E-state index contributed by atoms with van der Waals surface area (Å²) >= 11 is 0. The molecular formula is C17H31N5. The van der Waals surface area contributed by atoms with E-state index in [1.165, 1.54) is 52.1 Å². The molecule has 0 radical (unpaired) electrons. The van der Waals surface area contributed by atoms with Crippen LogP contribution in [-0.2, 0) is 6.54 Å². The number of likely N-dealkylation sites (N-methyl/N-ethyl adjacent to an activating group) is 1. The fourth-order valence-electron chi connectivity index (χ4n) is 3.86. The van der Waals surface area contributed by atoms with E-state index < -0.39 is 0 Å². The maximum absolute atomic E-state index is 4.29. The molecule has 0 aromatic carbocycles. The lowest BCUT2D eigenvalue weighted by Crippen LogP contribution is -2.51. The summed E-state index contributed by atoms with van der Waals surface area (Å²) < 4.78 is 2.04. The second-order valence-corrected chi connectivity index (χ2v) is 7.03. The topological polar surface area (TPSA) is 27.5 Å². The Hall–Kier alpha value is -0.910. The van der Waals surface area contributed by atoms with Crippen LogP contribution in [0.15, 0.2) is 18.5 Å². The van der Waals surface area contributed by atoms with Crippen LogP contribution in [0.1, 0.15) is 19.8 Å². The van der Waals surface area contributed by atoms with Crippen LogP contribution in [0.3, 0.4) is 0 Å². The highest BCUT2D eigenvalue weighted by Gasteiger charge is 2.28. The minimum absolute atomic E-state index is 0.752. The average Bonchev–Trinajstić information content (AvgIpc) is 3.07. The van der Waals surface area contributed by atoms with Gasteiger partial charge in [-0.25, -0.2) is 0 Å². The van der Waals surface area contributed by atoms with Crippen molar-refractivity contribution in [3.05, 3.63) is 18.5 Å². The summed E-state index contributed by atoms with van der Waals surface area (Å²) in [5.74, 6) is 0.879. The van der Waals surface area contributed by atoms with Crippen molar-refractivity contribution in [2.75, 3.05) is 52.9 Å². The van der Waals surface area contributed by atoms with Gasteiger partial charge in [-0.15, -0.1) is 0 Å². The van der Waals surface area contributed by atoms with Crippen molar-refractivity contribution in [2.24, 2.45) is 5.92 Å². The van der Waals surface area contributed by atoms with Crippen LogP contribution in [0.5, 0.6) is 0 Å². The molecule has 0 N–H and O–H groups in total. The first-order chi connectivity index (χ1) is 10.7. The lowest BCUT2D eigenvalue weighted by atomic mass is 9.89. The Bertz CT molecular complexity index is 416. The van der Waals surface area contributed by atoms with E-state index in [9.17, 15) is 0 Å². The summed E-state index contributed by atoms with van der Waals surface area (Å²) in [5.41, 5.74) is 0. The van der Waals surface area contributed by atoms with Crippen molar-refractivity contribution in [1.82, 2.24) is 24.5 Å². The van der Waals surface area contributed by atoms with Gasteiger partial charge >= 0.3 is 0 Å². The van der Waals surface area contributed by atoms with E-state index in [1.807, 2.05) is 16.9 Å². The van der Waals surface area contributed by atoms with Crippen molar-refractivity contribution < 1.29 is 0 Å². The van der Waals surface area contributed by atoms with Gasteiger partial charge in [0.05, 0.1) is 6.54 Å². The van der Waals surface area contributed by atoms with Gasteiger partial charge in [-0.3, -0.25) is 9.58 Å². The number of aromatic nitrogens is 2. The minimum atomic E-state index is 0.752. The molecule has 0 bridgehead atoms. The van der Waals surface area contributed by atoms with E-state index in [0.29, 0.717) is 0 Å². The molecule has 0 spiro atoms. The van der Waals surface area contributed by atoms with Gasteiger partial charge in [-0.2, -0.15) is 5.10 Å². The maximum atomic E-state index is 4.29. The number of likely N-dealkylation sites (tertiary alicyclic amines) is 1. The predicted octanol–water partition coefficient (Wildman–Crippen LogP) is 1.23. The molecule has 2 aliphatic heterocycles. The molecule has 5 nitrogen and oxygen atoms in total. The van der Waals surface area contributed by atoms with E-state index in [4.69, 9.17) is 0 Å². The predicted molar refractivity (Wildman–Crippen MR) is 89.9 cm³/mol. The Kier molecular flexibility index (Phi) is 5.50. The zero-order chi connectivity index (χ0) is 15.4. The summed E-state index contributed by atoms with van der Waals surface area (Å²) in [6, 6.07) is 2.76. The summed E-state index contributed by atoms with van der Waals surface area (Å²) in [5, 5.41) is 4.29. The molecule has 3 rings (SSSR count). The van der Waals surface area contributed by atoms with Crippen LogP contribution in [0.4, 0.5) is 0 Å². The van der Waals surface area contributed by atoms with E-state index >= 15 is 0 Å². The van der Waals surface area contributed by atoms with E-state index in [1.54, 1.807) is 0 Å². The van der Waals surface area contributed by atoms with Crippen LogP contribution in [0.2, 0.25) is 0 Å². The van der Waals surface area contributed by atoms with Gasteiger partial charge in [0.25, 0.3) is 0 Å². The fourth-order valence-corrected chi connectivity index (χ4v) is 3.86. The maximum Gasteiger partial charge on any atom is 0.0536 e. The van der Waals surface area contributed by atoms with Gasteiger partial charge in [0.1, 0.15) is 0 Å². The van der Waals surface area contributed by atoms with Crippen molar-refractivity contribution in [1.29, 1.82) is 0 Å². The molecule has 3 heterocycles. The van der Waals surface area contributed by atoms with Gasteiger partial charge in [-0.1, -0.05) is 0 Å². The van der Waals surface area contributed by atoms with Gasteiger partial charge in [0, 0.05) is 51.2 Å². The molecule has 1 aromatic rings. The Morgan fingerprint density at radius 2 is 1.77 bits per heavy atom. The molecule has 1 unspecified atom stereocenters. The summed E-state index contributed by atoms with van der Waals surface area (Å²) in [6.45, 7) is 12.1. The van der Waals surface area contributed by atoms with Crippen molar-refractivity contribution in [2.45, 2.75) is 32.4 Å². The molecule has 2 aliphatic rings. The summed E-state index contributed by atoms with van der Waals surface area (Å²) in [4.78, 5) is 7.76. The Balaban J connectivity index is 1.39. The van der Waals surface area contributed by atoms with Crippen molar-refractivity contribution in [3.8, 4) is 0 Å². The van der Waals surface area contributed by atoms with E-state index in [0.717, 1.165) is 25.0 Å². The first-order valence-electron chi connectivity index (χ1n) is 8.85. The normalized spacial score (nSPS) is 24.6. The van der Waals surface area contributed by atoms with Crippen molar-refractivity contribution in [3.63, 3.8) is 0 Å². The molecule has 0 aliphatic carbocycles. The summed E-state index contributed by atoms with van der Waals surface area (Å²) in [7, 11) is 2.24. The number of nitrogens with zero attached hydrogens (tertiary/aromatic N) is 5. The third-order valence-electron chi connectivity index (χ3n) is 5.63. The summed E-state index contributed by atoms with van der Waals surface area (Å²) in [6.07, 6.45) is 6.63. The quantitative estimate of drug-likeness (QED) is 0.818. The molecule has 2 saturated heterocycles. The molecule has 22 heavy (non-hydrogen) atoms. The number of rotatable bonds is 5. The minimum Gasteiger partial charge on any atom is -0.304 e. The smallest absolute Gasteiger partial charge is 0.0536 e. The molecule has 0 saturated carbocycles. The largest absolute Gasteiger partial charge is 0.304 e. The van der Waals surface area contributed by atoms with Crippen LogP contribution in [-0.4, -0.2) is 83.4 Å². The Morgan fingerprint density at radius 3 is 2.41 bits per heavy atom. The molecule has 124 valence electrons. The van der Waals surface area contributed by atoms with Gasteiger partial charge in [0.15, 0.2) is 0 Å². The van der Waals surface area contributed by atoms with Crippen LogP contribution < -0.4 is 0 Å². The number of piperidine rings is 1. The standard InChI is InChI=1S/C17H31N5/c1-16(21-13-10-19(2)11-14-21)17-4-8-20(9-5-17)12-15-22-7-3-6-18-22/h3,6-7,16-17H,4-5,8-15H2,1-2H3. The lowest BCUT2D eigenvalue weighted by Gasteiger charge is -2.42. The molecule has 0 amide bonds. The van der Waals surface area contributed by atoms with E-state index in [-0.39, 0.29) is 0 Å². The fraction of sp³-hybridized carbons (Fsp3) is 0.824. The third-order valence-corrected chi connectivity index (χ3v) is 5.63. The highest BCUT2D eigenvalue weighted by molar-refractivity contribution is 4.84. The van der Waals surface area contributed by atoms with Gasteiger partial charge < -0.3 is 9.80 Å². The highest BCUT2D eigenvalue weighted by atomic mass is 15.3. The zero-order valence-corrected chi connectivity index (χ0v) is 14.2. The highest BCUT2D eigenvalue weighted by Crippen LogP contribution is 2.24. The van der Waals surface area contributed by atoms with E-state index in [2.05, 4.69) is 40.0 Å². The molecule has 1 atom stereocenters. The van der Waals surface area contributed by atoms with Gasteiger partial charge in [0.2, 0.25) is 0 Å². The van der Waals surface area contributed by atoms with Crippen LogP contribution >= 0.6 is 0 Å². The first-order valence-corrected chi connectivity index (χ1v) is 8.85. The third kappa shape index (κ3) is 4.09. The van der Waals surface area contributed by atoms with Crippen molar-refractivity contribution >= 4 is 0 Å². The number of piperazine rings is 1. The number of hydrogen-bond acceptors (Lipinski definition) is 4. The first kappa shape index (κ1) is 16.0. The van der Waals surface area contributed by atoms with Crippen LogP contribution in [0.25, 0.3) is 0 Å². The molecular weight excluding hydrogens is 274 g/mol. The Morgan fingerprint density at radius 1 is 1.05 bits per heavy atom. The second kappa shape index (κ2) is 7.57. The lowest BCUT2D eigenvalue weighted by molar-refractivity contribution is 0.0605. The SMILES string of the molecule is CC(C1CCN(CCn2cccn2)CC1)N1CCN(C)CC1. The zero-order valence-electron chi connectivity index (χ0n) is 14.2. The molecule has 1 aromatic heterocycles. The number of hydrogen-bond donors (Lipinski definition) is 0. The molecule has 2 fully saturated rings. The average molecular weight is 305 g/mol. The second-order valence-electron chi connectivity index (χ2n) is 7.03.